The number of piperidine rings is 1. The van der Waals surface area contributed by atoms with E-state index in [1.54, 1.807) is 6.07 Å². The Kier molecular flexibility index (Phi) is 4.28. The van der Waals surface area contributed by atoms with Gasteiger partial charge in [-0.15, -0.1) is 0 Å². The minimum absolute atomic E-state index is 0.0119. The third kappa shape index (κ3) is 3.10. The fourth-order valence-corrected chi connectivity index (χ4v) is 3.14. The molecule has 5 nitrogen and oxygen atoms in total. The van der Waals surface area contributed by atoms with Crippen LogP contribution in [0.3, 0.4) is 0 Å². The van der Waals surface area contributed by atoms with Crippen LogP contribution >= 0.6 is 0 Å². The molecular weight excluding hydrogens is 254 g/mol. The number of nitrogen functional groups attached to an aromatic ring is 1. The van der Waals surface area contributed by atoms with E-state index in [2.05, 4.69) is 25.7 Å². The average Bonchev–Trinajstić information content (AvgIpc) is 2.35. The lowest BCUT2D eigenvalue weighted by Gasteiger charge is -2.41. The van der Waals surface area contributed by atoms with Crippen LogP contribution in [0.25, 0.3) is 0 Å². The van der Waals surface area contributed by atoms with Crippen molar-refractivity contribution in [2.45, 2.75) is 39.8 Å². The SMILES string of the molecule is CC1CC(C)C(C)N(Cc2ccc([N+](=O)[O-])c(N)c2)C1. The Hall–Kier alpha value is -1.62. The molecule has 1 heterocycles. The summed E-state index contributed by atoms with van der Waals surface area (Å²) in [6.07, 6.45) is 1.26. The molecule has 1 aliphatic heterocycles. The predicted octanol–water partition coefficient (Wildman–Crippen LogP) is 3.04. The number of nitrogens with zero attached hydrogens (tertiary/aromatic N) is 2. The summed E-state index contributed by atoms with van der Waals surface area (Å²) in [5, 5.41) is 10.8. The van der Waals surface area contributed by atoms with E-state index in [-0.39, 0.29) is 11.4 Å². The van der Waals surface area contributed by atoms with Crippen LogP contribution in [0, 0.1) is 22.0 Å². The number of benzene rings is 1. The summed E-state index contributed by atoms with van der Waals surface area (Å²) in [6.45, 7) is 8.70. The van der Waals surface area contributed by atoms with Gasteiger partial charge in [0, 0.05) is 25.2 Å². The van der Waals surface area contributed by atoms with E-state index in [4.69, 9.17) is 5.73 Å². The number of hydrogen-bond donors (Lipinski definition) is 1. The van der Waals surface area contributed by atoms with Crippen LogP contribution in [0.15, 0.2) is 18.2 Å². The molecule has 20 heavy (non-hydrogen) atoms. The Morgan fingerprint density at radius 3 is 2.70 bits per heavy atom. The lowest BCUT2D eigenvalue weighted by Crippen LogP contribution is -2.45. The van der Waals surface area contributed by atoms with Gasteiger partial charge >= 0.3 is 0 Å². The van der Waals surface area contributed by atoms with E-state index in [1.807, 2.05) is 6.07 Å². The summed E-state index contributed by atoms with van der Waals surface area (Å²) >= 11 is 0. The number of hydrogen-bond acceptors (Lipinski definition) is 4. The van der Waals surface area contributed by atoms with Gasteiger partial charge in [0.05, 0.1) is 4.92 Å². The molecule has 0 aliphatic carbocycles. The van der Waals surface area contributed by atoms with Crippen LogP contribution in [-0.4, -0.2) is 22.4 Å². The molecule has 110 valence electrons. The first-order valence-corrected chi connectivity index (χ1v) is 7.15. The number of likely N-dealkylation sites (tertiary alicyclic amines) is 1. The van der Waals surface area contributed by atoms with E-state index in [9.17, 15) is 10.1 Å². The molecule has 0 radical (unpaired) electrons. The molecule has 3 unspecified atom stereocenters. The van der Waals surface area contributed by atoms with Gasteiger partial charge in [-0.1, -0.05) is 19.9 Å². The molecule has 1 aromatic rings. The number of nitrogens with two attached hydrogens (primary N) is 1. The van der Waals surface area contributed by atoms with E-state index >= 15 is 0 Å². The zero-order valence-corrected chi connectivity index (χ0v) is 12.4. The standard InChI is InChI=1S/C15H23N3O2/c1-10-6-11(2)12(3)17(8-10)9-13-4-5-15(18(19)20)14(16)7-13/h4-5,7,10-12H,6,8-9,16H2,1-3H3. The molecule has 1 aromatic carbocycles. The lowest BCUT2D eigenvalue weighted by atomic mass is 9.86. The lowest BCUT2D eigenvalue weighted by molar-refractivity contribution is -0.383. The summed E-state index contributed by atoms with van der Waals surface area (Å²) in [6, 6.07) is 5.58. The quantitative estimate of drug-likeness (QED) is 0.523. The molecule has 1 aliphatic rings. The Morgan fingerprint density at radius 2 is 2.10 bits per heavy atom. The smallest absolute Gasteiger partial charge is 0.292 e. The summed E-state index contributed by atoms with van der Waals surface area (Å²) in [7, 11) is 0. The van der Waals surface area contributed by atoms with Gasteiger partial charge in [0.15, 0.2) is 0 Å². The maximum Gasteiger partial charge on any atom is 0.292 e. The van der Waals surface area contributed by atoms with Crippen molar-refractivity contribution in [2.75, 3.05) is 12.3 Å². The van der Waals surface area contributed by atoms with Crippen molar-refractivity contribution in [1.29, 1.82) is 0 Å². The second kappa shape index (κ2) is 5.79. The zero-order chi connectivity index (χ0) is 14.9. The summed E-state index contributed by atoms with van der Waals surface area (Å²) in [4.78, 5) is 12.8. The van der Waals surface area contributed by atoms with Crippen LogP contribution < -0.4 is 5.73 Å². The molecule has 0 saturated carbocycles. The molecule has 3 atom stereocenters. The second-order valence-corrected chi connectivity index (χ2v) is 6.14. The summed E-state index contributed by atoms with van der Waals surface area (Å²) in [5.74, 6) is 1.37. The Labute approximate surface area is 119 Å². The zero-order valence-electron chi connectivity index (χ0n) is 12.4. The fraction of sp³-hybridized carbons (Fsp3) is 0.600. The molecule has 0 bridgehead atoms. The number of nitro benzene ring substituents is 1. The topological polar surface area (TPSA) is 72.4 Å². The first-order valence-electron chi connectivity index (χ1n) is 7.15. The van der Waals surface area contributed by atoms with E-state index in [0.717, 1.165) is 18.7 Å². The first kappa shape index (κ1) is 14.8. The number of nitro groups is 1. The minimum atomic E-state index is -0.438. The van der Waals surface area contributed by atoms with Gasteiger partial charge in [-0.25, -0.2) is 0 Å². The Bertz CT molecular complexity index is 504. The van der Waals surface area contributed by atoms with Crippen LogP contribution in [0.5, 0.6) is 0 Å². The van der Waals surface area contributed by atoms with Crippen molar-refractivity contribution in [2.24, 2.45) is 11.8 Å². The normalized spacial score (nSPS) is 27.4. The van der Waals surface area contributed by atoms with Gasteiger partial charge in [0.25, 0.3) is 5.69 Å². The van der Waals surface area contributed by atoms with Gasteiger partial charge < -0.3 is 5.73 Å². The molecule has 0 amide bonds. The summed E-state index contributed by atoms with van der Waals surface area (Å²) in [5.41, 5.74) is 7.04. The number of anilines is 1. The maximum absolute atomic E-state index is 10.8. The maximum atomic E-state index is 10.8. The largest absolute Gasteiger partial charge is 0.393 e. The predicted molar refractivity (Wildman–Crippen MR) is 80.3 cm³/mol. The molecule has 2 rings (SSSR count). The highest BCUT2D eigenvalue weighted by atomic mass is 16.6. The van der Waals surface area contributed by atoms with E-state index < -0.39 is 4.92 Å². The first-order chi connectivity index (χ1) is 9.38. The van der Waals surface area contributed by atoms with Crippen molar-refractivity contribution < 1.29 is 4.92 Å². The van der Waals surface area contributed by atoms with E-state index in [0.29, 0.717) is 17.9 Å². The van der Waals surface area contributed by atoms with Crippen LogP contribution in [0.1, 0.15) is 32.8 Å². The third-order valence-corrected chi connectivity index (χ3v) is 4.39. The van der Waals surface area contributed by atoms with Gasteiger partial charge in [0.1, 0.15) is 5.69 Å². The van der Waals surface area contributed by atoms with Gasteiger partial charge in [-0.2, -0.15) is 0 Å². The molecule has 0 spiro atoms. The Morgan fingerprint density at radius 1 is 1.40 bits per heavy atom. The third-order valence-electron chi connectivity index (χ3n) is 4.39. The van der Waals surface area contributed by atoms with Crippen LogP contribution in [-0.2, 0) is 6.54 Å². The van der Waals surface area contributed by atoms with Crippen molar-refractivity contribution in [3.63, 3.8) is 0 Å². The molecule has 0 aromatic heterocycles. The molecular formula is C15H23N3O2. The van der Waals surface area contributed by atoms with Crippen LogP contribution in [0.2, 0.25) is 0 Å². The second-order valence-electron chi connectivity index (χ2n) is 6.14. The number of rotatable bonds is 3. The van der Waals surface area contributed by atoms with Crippen molar-refractivity contribution >= 4 is 11.4 Å². The van der Waals surface area contributed by atoms with Gasteiger partial charge in [0.2, 0.25) is 0 Å². The summed E-state index contributed by atoms with van der Waals surface area (Å²) < 4.78 is 0. The molecule has 1 fully saturated rings. The minimum Gasteiger partial charge on any atom is -0.393 e. The highest BCUT2D eigenvalue weighted by Crippen LogP contribution is 2.29. The van der Waals surface area contributed by atoms with Crippen LogP contribution in [0.4, 0.5) is 11.4 Å². The average molecular weight is 277 g/mol. The van der Waals surface area contributed by atoms with Gasteiger partial charge in [-0.3, -0.25) is 15.0 Å². The fourth-order valence-electron chi connectivity index (χ4n) is 3.14. The highest BCUT2D eigenvalue weighted by molar-refractivity contribution is 5.59. The molecule has 5 heteroatoms. The molecule has 1 saturated heterocycles. The van der Waals surface area contributed by atoms with E-state index in [1.165, 1.54) is 12.5 Å². The molecule has 2 N–H and O–H groups in total. The van der Waals surface area contributed by atoms with Gasteiger partial charge in [-0.05, 0) is 36.8 Å². The monoisotopic (exact) mass is 277 g/mol. The highest BCUT2D eigenvalue weighted by Gasteiger charge is 2.28. The van der Waals surface area contributed by atoms with Crippen molar-refractivity contribution in [1.82, 2.24) is 4.90 Å². The van der Waals surface area contributed by atoms with Crippen molar-refractivity contribution in [3.8, 4) is 0 Å². The van der Waals surface area contributed by atoms with Crippen molar-refractivity contribution in [3.05, 3.63) is 33.9 Å². The Balaban J connectivity index is 2.13.